The maximum absolute atomic E-state index is 14.3. The van der Waals surface area contributed by atoms with E-state index in [-0.39, 0.29) is 17.5 Å². The number of pyridine rings is 1. The van der Waals surface area contributed by atoms with Gasteiger partial charge in [0.2, 0.25) is 0 Å². The molecule has 18 heavy (non-hydrogen) atoms. The number of carbonyl (C=O) groups is 1. The highest BCUT2D eigenvalue weighted by molar-refractivity contribution is 6.88. The fourth-order valence-electron chi connectivity index (χ4n) is 1.73. The van der Waals surface area contributed by atoms with Gasteiger partial charge < -0.3 is 4.74 Å². The van der Waals surface area contributed by atoms with Crippen molar-refractivity contribution >= 4 is 19.5 Å². The van der Waals surface area contributed by atoms with E-state index in [2.05, 4.69) is 4.98 Å². The normalized spacial score (nSPS) is 13.4. The van der Waals surface area contributed by atoms with Gasteiger partial charge >= 0.3 is 0 Å². The van der Waals surface area contributed by atoms with Gasteiger partial charge in [0.1, 0.15) is 17.3 Å². The Balaban J connectivity index is 3.36. The second kappa shape index (κ2) is 5.66. The Morgan fingerprint density at radius 2 is 2.06 bits per heavy atom. The molecular weight excluding hydrogens is 256 g/mol. The van der Waals surface area contributed by atoms with Gasteiger partial charge in [0.25, 0.3) is 0 Å². The monoisotopic (exact) mass is 273 g/mol. The Bertz CT molecular complexity index is 446. The first kappa shape index (κ1) is 14.9. The van der Waals surface area contributed by atoms with Crippen LogP contribution in [-0.2, 0) is 9.53 Å². The third-order valence-electron chi connectivity index (χ3n) is 2.49. The maximum Gasteiger partial charge on any atom is 0.157 e. The number of rotatable bonds is 5. The summed E-state index contributed by atoms with van der Waals surface area (Å²) in [5.41, 5.74) is -0.134. The van der Waals surface area contributed by atoms with E-state index < -0.39 is 25.8 Å². The average molecular weight is 273 g/mol. The molecule has 0 bridgehead atoms. The molecule has 0 saturated carbocycles. The molecule has 0 spiro atoms. The highest BCUT2D eigenvalue weighted by Crippen LogP contribution is 2.18. The van der Waals surface area contributed by atoms with E-state index >= 15 is 0 Å². The lowest BCUT2D eigenvalue weighted by Crippen LogP contribution is -2.43. The standard InChI is InChI=1S/C12H17F2NO2Si/c1-5-17-9(7-16)11-10(14)12(18(2,3)4)8(13)6-15-11/h6-7,9H,5H2,1-4H3. The van der Waals surface area contributed by atoms with Crippen molar-refractivity contribution in [3.8, 4) is 0 Å². The van der Waals surface area contributed by atoms with Crippen molar-refractivity contribution < 1.29 is 18.3 Å². The smallest absolute Gasteiger partial charge is 0.157 e. The Hall–Kier alpha value is -1.14. The van der Waals surface area contributed by atoms with Gasteiger partial charge in [-0.3, -0.25) is 9.78 Å². The summed E-state index contributed by atoms with van der Waals surface area (Å²) < 4.78 is 33.1. The molecule has 1 atom stereocenters. The van der Waals surface area contributed by atoms with E-state index in [1.165, 1.54) is 0 Å². The first-order chi connectivity index (χ1) is 8.32. The van der Waals surface area contributed by atoms with Crippen molar-refractivity contribution in [1.82, 2.24) is 4.98 Å². The number of ether oxygens (including phenoxy) is 1. The quantitative estimate of drug-likeness (QED) is 0.610. The molecule has 0 fully saturated rings. The molecule has 1 aromatic heterocycles. The highest BCUT2D eigenvalue weighted by Gasteiger charge is 2.30. The van der Waals surface area contributed by atoms with E-state index in [0.29, 0.717) is 6.29 Å². The van der Waals surface area contributed by atoms with Crippen LogP contribution in [-0.4, -0.2) is 26.0 Å². The van der Waals surface area contributed by atoms with Crippen molar-refractivity contribution in [2.45, 2.75) is 32.7 Å². The van der Waals surface area contributed by atoms with Crippen LogP contribution in [0.4, 0.5) is 8.78 Å². The fraction of sp³-hybridized carbons (Fsp3) is 0.500. The van der Waals surface area contributed by atoms with Crippen LogP contribution in [0, 0.1) is 11.6 Å². The second-order valence-corrected chi connectivity index (χ2v) is 9.94. The zero-order valence-electron chi connectivity index (χ0n) is 11.0. The summed E-state index contributed by atoms with van der Waals surface area (Å²) in [5.74, 6) is -1.41. The molecule has 6 heteroatoms. The largest absolute Gasteiger partial charge is 0.365 e. The number of hydrogen-bond donors (Lipinski definition) is 0. The van der Waals surface area contributed by atoms with Crippen LogP contribution in [0.25, 0.3) is 0 Å². The number of aromatic nitrogens is 1. The molecule has 1 rings (SSSR count). The van der Waals surface area contributed by atoms with Gasteiger partial charge in [-0.05, 0) is 6.92 Å². The van der Waals surface area contributed by atoms with Crippen LogP contribution in [0.1, 0.15) is 18.7 Å². The molecule has 100 valence electrons. The Kier molecular flexibility index (Phi) is 4.69. The predicted octanol–water partition coefficient (Wildman–Crippen LogP) is 2.18. The van der Waals surface area contributed by atoms with E-state index in [1.807, 2.05) is 19.6 Å². The summed E-state index contributed by atoms with van der Waals surface area (Å²) in [6.07, 6.45) is 0.355. The first-order valence-corrected chi connectivity index (χ1v) is 9.24. The van der Waals surface area contributed by atoms with Gasteiger partial charge in [-0.25, -0.2) is 8.78 Å². The van der Waals surface area contributed by atoms with E-state index in [1.54, 1.807) is 6.92 Å². The number of aldehydes is 1. The fourth-order valence-corrected chi connectivity index (χ4v) is 3.30. The van der Waals surface area contributed by atoms with Gasteiger partial charge in [-0.2, -0.15) is 0 Å². The van der Waals surface area contributed by atoms with Crippen LogP contribution >= 0.6 is 0 Å². The van der Waals surface area contributed by atoms with Crippen molar-refractivity contribution in [2.75, 3.05) is 6.61 Å². The van der Waals surface area contributed by atoms with Crippen LogP contribution < -0.4 is 5.19 Å². The molecular formula is C12H17F2NO2Si. The third-order valence-corrected chi connectivity index (χ3v) is 4.45. The summed E-state index contributed by atoms with van der Waals surface area (Å²) in [5, 5.41) is 0.0547. The number of halogens is 2. The lowest BCUT2D eigenvalue weighted by molar-refractivity contribution is -0.118. The minimum atomic E-state index is -2.20. The second-order valence-electron chi connectivity index (χ2n) is 4.94. The van der Waals surface area contributed by atoms with Gasteiger partial charge in [-0.15, -0.1) is 0 Å². The van der Waals surface area contributed by atoms with Crippen molar-refractivity contribution in [3.05, 3.63) is 23.5 Å². The topological polar surface area (TPSA) is 39.2 Å². The molecule has 1 unspecified atom stereocenters. The molecule has 1 aromatic rings. The molecule has 0 aromatic carbocycles. The molecule has 3 nitrogen and oxygen atoms in total. The Morgan fingerprint density at radius 1 is 1.44 bits per heavy atom. The SMILES string of the molecule is CCOC(C=O)c1ncc(F)c([Si](C)(C)C)c1F. The van der Waals surface area contributed by atoms with E-state index in [4.69, 9.17) is 4.74 Å². The van der Waals surface area contributed by atoms with E-state index in [9.17, 15) is 13.6 Å². The van der Waals surface area contributed by atoms with Gasteiger partial charge in [0.15, 0.2) is 12.4 Å². The van der Waals surface area contributed by atoms with Crippen LogP contribution in [0.3, 0.4) is 0 Å². The molecule has 0 aliphatic heterocycles. The molecule has 0 aliphatic rings. The van der Waals surface area contributed by atoms with Crippen LogP contribution in [0.15, 0.2) is 6.20 Å². The maximum atomic E-state index is 14.3. The first-order valence-electron chi connectivity index (χ1n) is 5.74. The lowest BCUT2D eigenvalue weighted by atomic mass is 10.2. The number of carbonyl (C=O) groups excluding carboxylic acids is 1. The summed E-state index contributed by atoms with van der Waals surface area (Å²) in [7, 11) is -2.20. The summed E-state index contributed by atoms with van der Waals surface area (Å²) >= 11 is 0. The average Bonchev–Trinajstić information content (AvgIpc) is 2.25. The van der Waals surface area contributed by atoms with Gasteiger partial charge in [0.05, 0.1) is 14.3 Å². The van der Waals surface area contributed by atoms with E-state index in [0.717, 1.165) is 6.20 Å². The molecule has 0 saturated heterocycles. The highest BCUT2D eigenvalue weighted by atomic mass is 28.3. The summed E-state index contributed by atoms with van der Waals surface area (Å²) in [6, 6.07) is 0. The zero-order chi connectivity index (χ0) is 13.9. The van der Waals surface area contributed by atoms with Crippen molar-refractivity contribution in [1.29, 1.82) is 0 Å². The van der Waals surface area contributed by atoms with Gasteiger partial charge in [0, 0.05) is 11.8 Å². The zero-order valence-corrected chi connectivity index (χ0v) is 12.0. The summed E-state index contributed by atoms with van der Waals surface area (Å²) in [6.45, 7) is 7.43. The third kappa shape index (κ3) is 3.00. The Morgan fingerprint density at radius 3 is 2.50 bits per heavy atom. The minimum Gasteiger partial charge on any atom is -0.365 e. The van der Waals surface area contributed by atoms with Gasteiger partial charge in [-0.1, -0.05) is 19.6 Å². The molecule has 0 radical (unpaired) electrons. The summed E-state index contributed by atoms with van der Waals surface area (Å²) in [4.78, 5) is 14.5. The molecule has 0 N–H and O–H groups in total. The van der Waals surface area contributed by atoms with Crippen LogP contribution in [0.2, 0.25) is 19.6 Å². The lowest BCUT2D eigenvalue weighted by Gasteiger charge is -2.21. The van der Waals surface area contributed by atoms with Crippen molar-refractivity contribution in [3.63, 3.8) is 0 Å². The minimum absolute atomic E-state index is 0.0547. The Labute approximate surface area is 106 Å². The molecule has 1 heterocycles. The number of nitrogens with zero attached hydrogens (tertiary/aromatic N) is 1. The van der Waals surface area contributed by atoms with Crippen molar-refractivity contribution in [2.24, 2.45) is 0 Å². The predicted molar refractivity (Wildman–Crippen MR) is 67.6 cm³/mol. The van der Waals surface area contributed by atoms with Crippen LogP contribution in [0.5, 0.6) is 0 Å². The molecule has 0 aliphatic carbocycles. The molecule has 0 amide bonds. The number of hydrogen-bond acceptors (Lipinski definition) is 3.